The van der Waals surface area contributed by atoms with Crippen LogP contribution in [0.4, 0.5) is 0 Å². The summed E-state index contributed by atoms with van der Waals surface area (Å²) in [5.74, 6) is 1.12. The van der Waals surface area contributed by atoms with Crippen molar-refractivity contribution in [2.45, 2.75) is 11.4 Å². The van der Waals surface area contributed by atoms with E-state index in [-0.39, 0.29) is 5.91 Å². The smallest absolute Gasteiger partial charge is 0.230 e. The Morgan fingerprint density at radius 3 is 2.80 bits per heavy atom. The van der Waals surface area contributed by atoms with Crippen LogP contribution in [0.2, 0.25) is 0 Å². The second-order valence-electron chi connectivity index (χ2n) is 4.04. The van der Waals surface area contributed by atoms with Crippen molar-refractivity contribution >= 4 is 17.7 Å². The lowest BCUT2D eigenvalue weighted by atomic mass is 10.3. The molecule has 104 valence electrons. The fourth-order valence-corrected chi connectivity index (χ4v) is 2.48. The minimum absolute atomic E-state index is 0.0217. The quantitative estimate of drug-likeness (QED) is 0.830. The van der Waals surface area contributed by atoms with E-state index in [9.17, 15) is 4.79 Å². The summed E-state index contributed by atoms with van der Waals surface area (Å²) in [6.45, 7) is 0.451. The van der Waals surface area contributed by atoms with Crippen LogP contribution >= 0.6 is 11.8 Å². The Labute approximate surface area is 122 Å². The molecule has 1 heterocycles. The number of para-hydroxylation sites is 1. The molecular formula is C15H16N2O2S. The van der Waals surface area contributed by atoms with E-state index in [2.05, 4.69) is 10.3 Å². The summed E-state index contributed by atoms with van der Waals surface area (Å²) in [6.07, 6.45) is 1.71. The highest BCUT2D eigenvalue weighted by Crippen LogP contribution is 2.28. The Bertz CT molecular complexity index is 561. The number of carbonyl (C=O) groups is 1. The number of nitrogens with zero attached hydrogens (tertiary/aromatic N) is 1. The number of benzene rings is 1. The van der Waals surface area contributed by atoms with Crippen molar-refractivity contribution in [3.05, 3.63) is 54.4 Å². The molecule has 2 rings (SSSR count). The van der Waals surface area contributed by atoms with Gasteiger partial charge in [0.05, 0.1) is 25.1 Å². The van der Waals surface area contributed by atoms with Gasteiger partial charge in [0, 0.05) is 11.1 Å². The first-order valence-electron chi connectivity index (χ1n) is 6.22. The van der Waals surface area contributed by atoms with Gasteiger partial charge in [-0.3, -0.25) is 9.78 Å². The van der Waals surface area contributed by atoms with Gasteiger partial charge in [0.1, 0.15) is 5.75 Å². The highest BCUT2D eigenvalue weighted by molar-refractivity contribution is 8.00. The Hall–Kier alpha value is -2.01. The van der Waals surface area contributed by atoms with Gasteiger partial charge in [0.25, 0.3) is 0 Å². The van der Waals surface area contributed by atoms with Gasteiger partial charge < -0.3 is 10.1 Å². The third-order valence-electron chi connectivity index (χ3n) is 2.62. The first-order chi connectivity index (χ1) is 9.79. The van der Waals surface area contributed by atoms with Crippen molar-refractivity contribution in [1.82, 2.24) is 10.3 Å². The summed E-state index contributed by atoms with van der Waals surface area (Å²) in [7, 11) is 1.63. The van der Waals surface area contributed by atoms with Gasteiger partial charge in [-0.05, 0) is 24.3 Å². The predicted octanol–water partition coefficient (Wildman–Crippen LogP) is 2.50. The lowest BCUT2D eigenvalue weighted by molar-refractivity contribution is -0.118. The number of hydrogen-bond donors (Lipinski definition) is 1. The standard InChI is InChI=1S/C15H16N2O2S/c1-19-13-7-2-3-8-14(13)20-11-15(18)17-10-12-6-4-5-9-16-12/h2-9H,10-11H2,1H3,(H,17,18). The minimum atomic E-state index is -0.0217. The van der Waals surface area contributed by atoms with Gasteiger partial charge in [-0.2, -0.15) is 0 Å². The number of rotatable bonds is 6. The van der Waals surface area contributed by atoms with E-state index in [1.165, 1.54) is 11.8 Å². The van der Waals surface area contributed by atoms with Gasteiger partial charge in [0.2, 0.25) is 5.91 Å². The van der Waals surface area contributed by atoms with E-state index >= 15 is 0 Å². The van der Waals surface area contributed by atoms with Gasteiger partial charge in [-0.15, -0.1) is 11.8 Å². The van der Waals surface area contributed by atoms with Crippen molar-refractivity contribution < 1.29 is 9.53 Å². The molecule has 0 atom stereocenters. The molecule has 0 aliphatic heterocycles. The second-order valence-corrected chi connectivity index (χ2v) is 5.05. The molecule has 0 spiro atoms. The van der Waals surface area contributed by atoms with Gasteiger partial charge in [-0.25, -0.2) is 0 Å². The molecule has 0 saturated heterocycles. The number of ether oxygens (including phenoxy) is 1. The van der Waals surface area contributed by atoms with E-state index in [1.54, 1.807) is 13.3 Å². The molecule has 0 unspecified atom stereocenters. The molecular weight excluding hydrogens is 272 g/mol. The highest BCUT2D eigenvalue weighted by Gasteiger charge is 2.06. The van der Waals surface area contributed by atoms with E-state index in [0.717, 1.165) is 16.3 Å². The Kier molecular flexibility index (Phi) is 5.43. The summed E-state index contributed by atoms with van der Waals surface area (Å²) >= 11 is 1.46. The first kappa shape index (κ1) is 14.4. The predicted molar refractivity (Wildman–Crippen MR) is 79.8 cm³/mol. The maximum absolute atomic E-state index is 11.8. The van der Waals surface area contributed by atoms with E-state index in [4.69, 9.17) is 4.74 Å². The van der Waals surface area contributed by atoms with Gasteiger partial charge in [-0.1, -0.05) is 18.2 Å². The minimum Gasteiger partial charge on any atom is -0.496 e. The zero-order valence-electron chi connectivity index (χ0n) is 11.2. The SMILES string of the molecule is COc1ccccc1SCC(=O)NCc1ccccn1. The van der Waals surface area contributed by atoms with Crippen LogP contribution in [0.15, 0.2) is 53.6 Å². The molecule has 0 saturated carbocycles. The van der Waals surface area contributed by atoms with Crippen molar-refractivity contribution in [3.8, 4) is 5.75 Å². The fraction of sp³-hybridized carbons (Fsp3) is 0.200. The van der Waals surface area contributed by atoms with Crippen LogP contribution in [0.3, 0.4) is 0 Å². The van der Waals surface area contributed by atoms with Crippen LogP contribution in [0, 0.1) is 0 Å². The molecule has 1 amide bonds. The van der Waals surface area contributed by atoms with Crippen LogP contribution in [0.5, 0.6) is 5.75 Å². The number of carbonyl (C=O) groups excluding carboxylic acids is 1. The molecule has 0 fully saturated rings. The molecule has 4 nitrogen and oxygen atoms in total. The maximum Gasteiger partial charge on any atom is 0.230 e. The van der Waals surface area contributed by atoms with E-state index < -0.39 is 0 Å². The van der Waals surface area contributed by atoms with E-state index in [0.29, 0.717) is 12.3 Å². The number of hydrogen-bond acceptors (Lipinski definition) is 4. The molecule has 0 aliphatic rings. The number of amides is 1. The third-order valence-corrected chi connectivity index (χ3v) is 3.68. The molecule has 0 bridgehead atoms. The van der Waals surface area contributed by atoms with Crippen LogP contribution in [0.25, 0.3) is 0 Å². The summed E-state index contributed by atoms with van der Waals surface area (Å²) < 4.78 is 5.24. The zero-order chi connectivity index (χ0) is 14.2. The normalized spacial score (nSPS) is 10.1. The Morgan fingerprint density at radius 1 is 1.25 bits per heavy atom. The van der Waals surface area contributed by atoms with Crippen LogP contribution < -0.4 is 10.1 Å². The summed E-state index contributed by atoms with van der Waals surface area (Å²) in [4.78, 5) is 16.9. The number of aromatic nitrogens is 1. The summed E-state index contributed by atoms with van der Waals surface area (Å²) in [5.41, 5.74) is 0.850. The number of pyridine rings is 1. The number of nitrogens with one attached hydrogen (secondary N) is 1. The van der Waals surface area contributed by atoms with Gasteiger partial charge >= 0.3 is 0 Å². The van der Waals surface area contributed by atoms with Crippen molar-refractivity contribution in [1.29, 1.82) is 0 Å². The molecule has 1 aromatic heterocycles. The first-order valence-corrected chi connectivity index (χ1v) is 7.20. The average Bonchev–Trinajstić information content (AvgIpc) is 2.52. The molecule has 1 aromatic carbocycles. The van der Waals surface area contributed by atoms with E-state index in [1.807, 2.05) is 42.5 Å². The highest BCUT2D eigenvalue weighted by atomic mass is 32.2. The Balaban J connectivity index is 1.80. The van der Waals surface area contributed by atoms with Crippen LogP contribution in [-0.4, -0.2) is 23.8 Å². The second kappa shape index (κ2) is 7.55. The largest absolute Gasteiger partial charge is 0.496 e. The molecule has 0 radical (unpaired) electrons. The maximum atomic E-state index is 11.8. The molecule has 2 aromatic rings. The van der Waals surface area contributed by atoms with Crippen molar-refractivity contribution in [2.75, 3.05) is 12.9 Å². The van der Waals surface area contributed by atoms with Crippen molar-refractivity contribution in [3.63, 3.8) is 0 Å². The lowest BCUT2D eigenvalue weighted by Crippen LogP contribution is -2.24. The monoisotopic (exact) mass is 288 g/mol. The number of methoxy groups -OCH3 is 1. The van der Waals surface area contributed by atoms with Gasteiger partial charge in [0.15, 0.2) is 0 Å². The fourth-order valence-electron chi connectivity index (χ4n) is 1.62. The average molecular weight is 288 g/mol. The van der Waals surface area contributed by atoms with Crippen molar-refractivity contribution in [2.24, 2.45) is 0 Å². The Morgan fingerprint density at radius 2 is 2.05 bits per heavy atom. The molecule has 5 heteroatoms. The molecule has 0 aliphatic carbocycles. The topological polar surface area (TPSA) is 51.2 Å². The molecule has 20 heavy (non-hydrogen) atoms. The molecule has 1 N–H and O–H groups in total. The zero-order valence-corrected chi connectivity index (χ0v) is 12.0. The summed E-state index contributed by atoms with van der Waals surface area (Å²) in [5, 5.41) is 2.84. The van der Waals surface area contributed by atoms with Crippen LogP contribution in [0.1, 0.15) is 5.69 Å². The lowest BCUT2D eigenvalue weighted by Gasteiger charge is -2.08. The third kappa shape index (κ3) is 4.28. The van der Waals surface area contributed by atoms with Crippen LogP contribution in [-0.2, 0) is 11.3 Å². The summed E-state index contributed by atoms with van der Waals surface area (Å²) in [6, 6.07) is 13.3. The number of thioether (sulfide) groups is 1.